The second-order valence-electron chi connectivity index (χ2n) is 5.36. The fourth-order valence-corrected chi connectivity index (χ4v) is 2.28. The van der Waals surface area contributed by atoms with Crippen molar-refractivity contribution in [1.29, 1.82) is 0 Å². The van der Waals surface area contributed by atoms with Crippen LogP contribution in [0.5, 0.6) is 11.5 Å². The van der Waals surface area contributed by atoms with Crippen LogP contribution in [0.2, 0.25) is 0 Å². The van der Waals surface area contributed by atoms with Crippen molar-refractivity contribution in [2.24, 2.45) is 0 Å². The van der Waals surface area contributed by atoms with Crippen LogP contribution in [-0.2, 0) is 6.61 Å². The summed E-state index contributed by atoms with van der Waals surface area (Å²) in [4.78, 5) is 0. The molecule has 1 saturated carbocycles. The Kier molecular flexibility index (Phi) is 4.24. The minimum atomic E-state index is -1.03. The van der Waals surface area contributed by atoms with Gasteiger partial charge in [0.15, 0.2) is 11.6 Å². The lowest BCUT2D eigenvalue weighted by Gasteiger charge is -2.31. The molecule has 0 radical (unpaired) electrons. The minimum absolute atomic E-state index is 0.142. The van der Waals surface area contributed by atoms with E-state index in [0.29, 0.717) is 12.8 Å². The molecule has 0 unspecified atom stereocenters. The zero-order valence-corrected chi connectivity index (χ0v) is 11.8. The molecule has 0 amide bonds. The van der Waals surface area contributed by atoms with Crippen molar-refractivity contribution < 1.29 is 23.4 Å². The number of ether oxygens (including phenoxy) is 2. The highest BCUT2D eigenvalue weighted by Crippen LogP contribution is 2.31. The summed E-state index contributed by atoms with van der Waals surface area (Å²) >= 11 is 0. The first-order valence-electron chi connectivity index (χ1n) is 7.12. The Labute approximate surface area is 127 Å². The first kappa shape index (κ1) is 14.8. The molecule has 0 heterocycles. The molecule has 0 bridgehead atoms. The normalized spacial score (nSPS) is 20.3. The van der Waals surface area contributed by atoms with Gasteiger partial charge in [-0.15, -0.1) is 0 Å². The molecule has 1 aliphatic rings. The predicted octanol–water partition coefficient (Wildman–Crippen LogP) is 3.45. The SMILES string of the molecule is O[C@H]1C[C@H](Oc2cc(F)c(F)c(OCc3ccccc3)c2)C1. The van der Waals surface area contributed by atoms with Gasteiger partial charge in [-0.3, -0.25) is 0 Å². The molecular formula is C17H16F2O3. The Bertz CT molecular complexity index is 640. The quantitative estimate of drug-likeness (QED) is 0.919. The van der Waals surface area contributed by atoms with Gasteiger partial charge in [0.05, 0.1) is 6.10 Å². The molecule has 22 heavy (non-hydrogen) atoms. The summed E-state index contributed by atoms with van der Waals surface area (Å²) in [5.41, 5.74) is 0.857. The predicted molar refractivity (Wildman–Crippen MR) is 76.8 cm³/mol. The van der Waals surface area contributed by atoms with E-state index in [4.69, 9.17) is 9.47 Å². The molecule has 2 aromatic rings. The highest BCUT2D eigenvalue weighted by Gasteiger charge is 2.29. The van der Waals surface area contributed by atoms with Crippen LogP contribution < -0.4 is 9.47 Å². The van der Waals surface area contributed by atoms with Gasteiger partial charge in [0.25, 0.3) is 0 Å². The van der Waals surface area contributed by atoms with Crippen molar-refractivity contribution in [2.45, 2.75) is 31.7 Å². The number of aliphatic hydroxyl groups excluding tert-OH is 1. The van der Waals surface area contributed by atoms with Crippen molar-refractivity contribution in [3.63, 3.8) is 0 Å². The fourth-order valence-electron chi connectivity index (χ4n) is 2.28. The van der Waals surface area contributed by atoms with Gasteiger partial charge in [0.1, 0.15) is 18.5 Å². The van der Waals surface area contributed by atoms with Crippen LogP contribution in [0.3, 0.4) is 0 Å². The van der Waals surface area contributed by atoms with E-state index in [9.17, 15) is 13.9 Å². The van der Waals surface area contributed by atoms with E-state index in [1.54, 1.807) is 0 Å². The summed E-state index contributed by atoms with van der Waals surface area (Å²) in [5, 5.41) is 9.22. The van der Waals surface area contributed by atoms with E-state index in [2.05, 4.69) is 0 Å². The van der Waals surface area contributed by atoms with Crippen molar-refractivity contribution in [2.75, 3.05) is 0 Å². The maximum atomic E-state index is 13.8. The van der Waals surface area contributed by atoms with Gasteiger partial charge in [-0.05, 0) is 5.56 Å². The smallest absolute Gasteiger partial charge is 0.200 e. The zero-order valence-electron chi connectivity index (χ0n) is 11.8. The molecule has 2 aromatic carbocycles. The topological polar surface area (TPSA) is 38.7 Å². The average molecular weight is 306 g/mol. The van der Waals surface area contributed by atoms with E-state index >= 15 is 0 Å². The average Bonchev–Trinajstić information content (AvgIpc) is 2.49. The standard InChI is InChI=1S/C17H16F2O3/c18-15-8-14(22-13-6-12(20)7-13)9-16(17(15)19)21-10-11-4-2-1-3-5-11/h1-5,8-9,12-13,20H,6-7,10H2/t12-,13-. The van der Waals surface area contributed by atoms with E-state index in [1.807, 2.05) is 30.3 Å². The summed E-state index contributed by atoms with van der Waals surface area (Å²) < 4.78 is 38.3. The summed E-state index contributed by atoms with van der Waals surface area (Å²) in [6, 6.07) is 11.6. The van der Waals surface area contributed by atoms with E-state index < -0.39 is 11.6 Å². The van der Waals surface area contributed by atoms with E-state index in [1.165, 1.54) is 6.07 Å². The summed E-state index contributed by atoms with van der Waals surface area (Å²) in [5.74, 6) is -2.02. The van der Waals surface area contributed by atoms with Gasteiger partial charge >= 0.3 is 0 Å². The van der Waals surface area contributed by atoms with Crippen LogP contribution in [0.15, 0.2) is 42.5 Å². The van der Waals surface area contributed by atoms with E-state index in [0.717, 1.165) is 11.6 Å². The summed E-state index contributed by atoms with van der Waals surface area (Å²) in [6.45, 7) is 0.142. The summed E-state index contributed by atoms with van der Waals surface area (Å²) in [7, 11) is 0. The Balaban J connectivity index is 1.70. The first-order chi connectivity index (χ1) is 10.6. The van der Waals surface area contributed by atoms with Gasteiger partial charge in [0, 0.05) is 25.0 Å². The molecule has 0 atom stereocenters. The van der Waals surface area contributed by atoms with Crippen LogP contribution in [0, 0.1) is 11.6 Å². The monoisotopic (exact) mass is 306 g/mol. The Morgan fingerprint density at radius 3 is 2.50 bits per heavy atom. The lowest BCUT2D eigenvalue weighted by molar-refractivity contribution is -0.0110. The zero-order chi connectivity index (χ0) is 15.5. The molecule has 0 spiro atoms. The number of benzene rings is 2. The van der Waals surface area contributed by atoms with Gasteiger partial charge < -0.3 is 14.6 Å². The number of hydrogen-bond donors (Lipinski definition) is 1. The van der Waals surface area contributed by atoms with Crippen molar-refractivity contribution >= 4 is 0 Å². The lowest BCUT2D eigenvalue weighted by Crippen LogP contribution is -2.37. The molecule has 5 heteroatoms. The second-order valence-corrected chi connectivity index (χ2v) is 5.36. The molecule has 1 aliphatic carbocycles. The fraction of sp³-hybridized carbons (Fsp3) is 0.294. The van der Waals surface area contributed by atoms with Crippen LogP contribution in [0.4, 0.5) is 8.78 Å². The molecule has 1 N–H and O–H groups in total. The highest BCUT2D eigenvalue weighted by atomic mass is 19.2. The third-order valence-electron chi connectivity index (χ3n) is 3.58. The molecule has 116 valence electrons. The van der Waals surface area contributed by atoms with Crippen LogP contribution in [0.25, 0.3) is 0 Å². The molecule has 0 aliphatic heterocycles. The molecule has 3 nitrogen and oxygen atoms in total. The maximum Gasteiger partial charge on any atom is 0.200 e. The summed E-state index contributed by atoms with van der Waals surface area (Å²) in [6.07, 6.45) is 0.462. The minimum Gasteiger partial charge on any atom is -0.490 e. The molecular weight excluding hydrogens is 290 g/mol. The molecule has 3 rings (SSSR count). The number of halogens is 2. The van der Waals surface area contributed by atoms with Crippen LogP contribution in [0.1, 0.15) is 18.4 Å². The van der Waals surface area contributed by atoms with Gasteiger partial charge in [-0.25, -0.2) is 4.39 Å². The van der Waals surface area contributed by atoms with Crippen molar-refractivity contribution in [3.8, 4) is 11.5 Å². The first-order valence-corrected chi connectivity index (χ1v) is 7.12. The lowest BCUT2D eigenvalue weighted by atomic mass is 9.92. The van der Waals surface area contributed by atoms with E-state index in [-0.39, 0.29) is 30.3 Å². The largest absolute Gasteiger partial charge is 0.490 e. The Morgan fingerprint density at radius 2 is 1.82 bits per heavy atom. The Hall–Kier alpha value is -2.14. The van der Waals surface area contributed by atoms with Crippen LogP contribution in [-0.4, -0.2) is 17.3 Å². The number of aliphatic hydroxyl groups is 1. The van der Waals surface area contributed by atoms with Gasteiger partial charge in [0.2, 0.25) is 5.82 Å². The second kappa shape index (κ2) is 6.32. The third kappa shape index (κ3) is 3.36. The molecule has 0 saturated heterocycles. The third-order valence-corrected chi connectivity index (χ3v) is 3.58. The maximum absolute atomic E-state index is 13.8. The highest BCUT2D eigenvalue weighted by molar-refractivity contribution is 5.36. The number of hydrogen-bond acceptors (Lipinski definition) is 3. The van der Waals surface area contributed by atoms with Gasteiger partial charge in [-0.1, -0.05) is 30.3 Å². The van der Waals surface area contributed by atoms with Gasteiger partial charge in [-0.2, -0.15) is 4.39 Å². The molecule has 1 fully saturated rings. The van der Waals surface area contributed by atoms with Crippen LogP contribution >= 0.6 is 0 Å². The Morgan fingerprint density at radius 1 is 1.09 bits per heavy atom. The van der Waals surface area contributed by atoms with Crippen molar-refractivity contribution in [3.05, 3.63) is 59.7 Å². The van der Waals surface area contributed by atoms with Crippen molar-refractivity contribution in [1.82, 2.24) is 0 Å². The number of rotatable bonds is 5. The molecule has 0 aromatic heterocycles.